The van der Waals surface area contributed by atoms with Crippen LogP contribution in [0.5, 0.6) is 0 Å². The molecular weight excluding hydrogens is 254 g/mol. The number of hydrogen-bond donors (Lipinski definition) is 1. The van der Waals surface area contributed by atoms with Gasteiger partial charge >= 0.3 is 5.97 Å². The van der Waals surface area contributed by atoms with Gasteiger partial charge in [0, 0.05) is 12.7 Å². The first-order chi connectivity index (χ1) is 9.54. The number of nitrogens with zero attached hydrogens (tertiary/aromatic N) is 2. The van der Waals surface area contributed by atoms with E-state index in [9.17, 15) is 4.79 Å². The number of carbonyl (C=O) groups is 1. The van der Waals surface area contributed by atoms with E-state index in [1.54, 1.807) is 20.0 Å². The third-order valence-electron chi connectivity index (χ3n) is 3.96. The van der Waals surface area contributed by atoms with Crippen LogP contribution in [0.25, 0.3) is 0 Å². The van der Waals surface area contributed by atoms with Gasteiger partial charge in [-0.05, 0) is 32.1 Å². The van der Waals surface area contributed by atoms with Gasteiger partial charge < -0.3 is 10.1 Å². The summed E-state index contributed by atoms with van der Waals surface area (Å²) in [5.74, 6) is 0.225. The van der Waals surface area contributed by atoms with Gasteiger partial charge in [-0.3, -0.25) is 0 Å². The Morgan fingerprint density at radius 2 is 2.15 bits per heavy atom. The van der Waals surface area contributed by atoms with Crippen molar-refractivity contribution in [3.05, 3.63) is 17.5 Å². The largest absolute Gasteiger partial charge is 0.462 e. The van der Waals surface area contributed by atoms with Crippen LogP contribution in [0.15, 0.2) is 6.20 Å². The summed E-state index contributed by atoms with van der Waals surface area (Å²) in [5, 5.41) is 3.29. The lowest BCUT2D eigenvalue weighted by Crippen LogP contribution is -2.24. The van der Waals surface area contributed by atoms with Crippen LogP contribution in [0, 0.1) is 12.3 Å². The highest BCUT2D eigenvalue weighted by Crippen LogP contribution is 2.37. The van der Waals surface area contributed by atoms with E-state index in [0.29, 0.717) is 29.2 Å². The molecule has 0 spiro atoms. The van der Waals surface area contributed by atoms with Crippen molar-refractivity contribution in [3.63, 3.8) is 0 Å². The third-order valence-corrected chi connectivity index (χ3v) is 3.96. The average molecular weight is 277 g/mol. The molecule has 2 rings (SSSR count). The first-order valence-corrected chi connectivity index (χ1v) is 7.29. The molecule has 0 radical (unpaired) electrons. The van der Waals surface area contributed by atoms with Crippen molar-refractivity contribution in [1.82, 2.24) is 9.97 Å². The Labute approximate surface area is 120 Å². The Hall–Kier alpha value is -1.65. The Morgan fingerprint density at radius 1 is 1.45 bits per heavy atom. The number of ether oxygens (including phenoxy) is 1. The minimum atomic E-state index is -0.362. The fourth-order valence-electron chi connectivity index (χ4n) is 2.66. The van der Waals surface area contributed by atoms with E-state index in [-0.39, 0.29) is 5.97 Å². The average Bonchev–Trinajstić information content (AvgIpc) is 2.84. The van der Waals surface area contributed by atoms with Crippen LogP contribution in [-0.4, -0.2) is 29.1 Å². The molecule has 110 valence electrons. The molecule has 1 heterocycles. The van der Waals surface area contributed by atoms with E-state index in [4.69, 9.17) is 4.74 Å². The minimum absolute atomic E-state index is 0.344. The molecule has 0 saturated heterocycles. The molecule has 0 aromatic carbocycles. The molecule has 1 N–H and O–H groups in total. The molecule has 5 nitrogen and oxygen atoms in total. The maximum atomic E-state index is 11.7. The SMILES string of the molecule is CCOC(=O)c1cnc(NCC2(C)CCCC2)nc1C. The van der Waals surface area contributed by atoms with Crippen LogP contribution in [0.2, 0.25) is 0 Å². The smallest absolute Gasteiger partial charge is 0.341 e. The maximum absolute atomic E-state index is 11.7. The molecule has 5 heteroatoms. The molecule has 0 atom stereocenters. The number of carbonyl (C=O) groups excluding carboxylic acids is 1. The van der Waals surface area contributed by atoms with Crippen LogP contribution >= 0.6 is 0 Å². The predicted molar refractivity (Wildman–Crippen MR) is 77.8 cm³/mol. The number of aryl methyl sites for hydroxylation is 1. The van der Waals surface area contributed by atoms with E-state index in [0.717, 1.165) is 6.54 Å². The van der Waals surface area contributed by atoms with Gasteiger partial charge in [-0.25, -0.2) is 14.8 Å². The molecule has 1 saturated carbocycles. The number of anilines is 1. The fraction of sp³-hybridized carbons (Fsp3) is 0.667. The molecule has 1 aliphatic rings. The predicted octanol–water partition coefficient (Wildman–Crippen LogP) is 2.95. The highest BCUT2D eigenvalue weighted by Gasteiger charge is 2.28. The van der Waals surface area contributed by atoms with Crippen LogP contribution in [0.3, 0.4) is 0 Å². The quantitative estimate of drug-likeness (QED) is 0.838. The van der Waals surface area contributed by atoms with Crippen molar-refractivity contribution >= 4 is 11.9 Å². The van der Waals surface area contributed by atoms with Crippen molar-refractivity contribution in [2.45, 2.75) is 46.5 Å². The third kappa shape index (κ3) is 3.46. The zero-order valence-corrected chi connectivity index (χ0v) is 12.5. The van der Waals surface area contributed by atoms with Crippen LogP contribution in [0.4, 0.5) is 5.95 Å². The molecule has 0 aliphatic heterocycles. The number of aromatic nitrogens is 2. The van der Waals surface area contributed by atoms with E-state index < -0.39 is 0 Å². The topological polar surface area (TPSA) is 64.1 Å². The molecule has 0 unspecified atom stereocenters. The molecule has 0 amide bonds. The molecular formula is C15H23N3O2. The molecule has 20 heavy (non-hydrogen) atoms. The number of hydrogen-bond acceptors (Lipinski definition) is 5. The molecule has 1 fully saturated rings. The normalized spacial score (nSPS) is 16.9. The summed E-state index contributed by atoms with van der Waals surface area (Å²) in [6, 6.07) is 0. The summed E-state index contributed by atoms with van der Waals surface area (Å²) in [6.45, 7) is 7.12. The summed E-state index contributed by atoms with van der Waals surface area (Å²) in [5.41, 5.74) is 1.43. The fourth-order valence-corrected chi connectivity index (χ4v) is 2.66. The molecule has 0 bridgehead atoms. The van der Waals surface area contributed by atoms with Crippen molar-refractivity contribution in [2.75, 3.05) is 18.5 Å². The van der Waals surface area contributed by atoms with Crippen LogP contribution in [0.1, 0.15) is 55.6 Å². The summed E-state index contributed by atoms with van der Waals surface area (Å²) >= 11 is 0. The maximum Gasteiger partial charge on any atom is 0.341 e. The van der Waals surface area contributed by atoms with Gasteiger partial charge in [0.15, 0.2) is 0 Å². The zero-order chi connectivity index (χ0) is 14.6. The van der Waals surface area contributed by atoms with Crippen molar-refractivity contribution in [2.24, 2.45) is 5.41 Å². The van der Waals surface area contributed by atoms with Crippen LogP contribution in [-0.2, 0) is 4.74 Å². The van der Waals surface area contributed by atoms with Gasteiger partial charge in [-0.2, -0.15) is 0 Å². The van der Waals surface area contributed by atoms with Crippen LogP contribution < -0.4 is 5.32 Å². The summed E-state index contributed by atoms with van der Waals surface area (Å²) in [6.07, 6.45) is 6.65. The van der Waals surface area contributed by atoms with Gasteiger partial charge in [0.25, 0.3) is 0 Å². The molecule has 1 aromatic heterocycles. The zero-order valence-electron chi connectivity index (χ0n) is 12.5. The summed E-state index contributed by atoms with van der Waals surface area (Å²) in [7, 11) is 0. The van der Waals surface area contributed by atoms with Gasteiger partial charge in [0.2, 0.25) is 5.95 Å². The Balaban J connectivity index is 2.00. The lowest BCUT2D eigenvalue weighted by molar-refractivity contribution is 0.0524. The van der Waals surface area contributed by atoms with Gasteiger partial charge in [0.1, 0.15) is 0 Å². The lowest BCUT2D eigenvalue weighted by atomic mass is 9.89. The van der Waals surface area contributed by atoms with Crippen molar-refractivity contribution < 1.29 is 9.53 Å². The first-order valence-electron chi connectivity index (χ1n) is 7.29. The number of nitrogens with one attached hydrogen (secondary N) is 1. The number of rotatable bonds is 5. The van der Waals surface area contributed by atoms with E-state index >= 15 is 0 Å². The Morgan fingerprint density at radius 3 is 2.75 bits per heavy atom. The van der Waals surface area contributed by atoms with Gasteiger partial charge in [-0.1, -0.05) is 19.8 Å². The monoisotopic (exact) mass is 277 g/mol. The van der Waals surface area contributed by atoms with Crippen molar-refractivity contribution in [3.8, 4) is 0 Å². The second kappa shape index (κ2) is 6.20. The standard InChI is InChI=1S/C15H23N3O2/c1-4-20-13(19)12-9-16-14(18-11(12)2)17-10-15(3)7-5-6-8-15/h9H,4-8,10H2,1-3H3,(H,16,17,18). The van der Waals surface area contributed by atoms with E-state index in [1.807, 2.05) is 0 Å². The van der Waals surface area contributed by atoms with E-state index in [1.165, 1.54) is 25.7 Å². The second-order valence-electron chi connectivity index (χ2n) is 5.78. The second-order valence-corrected chi connectivity index (χ2v) is 5.78. The highest BCUT2D eigenvalue weighted by molar-refractivity contribution is 5.90. The highest BCUT2D eigenvalue weighted by atomic mass is 16.5. The Kier molecular flexibility index (Phi) is 4.57. The van der Waals surface area contributed by atoms with Gasteiger partial charge in [0.05, 0.1) is 17.9 Å². The van der Waals surface area contributed by atoms with E-state index in [2.05, 4.69) is 22.2 Å². The van der Waals surface area contributed by atoms with Crippen molar-refractivity contribution in [1.29, 1.82) is 0 Å². The lowest BCUT2D eigenvalue weighted by Gasteiger charge is -2.23. The van der Waals surface area contributed by atoms with Gasteiger partial charge in [-0.15, -0.1) is 0 Å². The summed E-state index contributed by atoms with van der Waals surface area (Å²) < 4.78 is 4.97. The number of esters is 1. The first kappa shape index (κ1) is 14.8. The summed E-state index contributed by atoms with van der Waals surface area (Å²) in [4.78, 5) is 20.2. The Bertz CT molecular complexity index is 482. The molecule has 1 aromatic rings. The molecule has 1 aliphatic carbocycles. The minimum Gasteiger partial charge on any atom is -0.462 e.